The molecule has 0 aliphatic heterocycles. The van der Waals surface area contributed by atoms with Gasteiger partial charge in [-0.15, -0.1) is 0 Å². The quantitative estimate of drug-likeness (QED) is 0.132. The maximum Gasteiger partial charge on any atom is 0.416 e. The van der Waals surface area contributed by atoms with Gasteiger partial charge in [0.05, 0.1) is 149 Å². The summed E-state index contributed by atoms with van der Waals surface area (Å²) in [5.41, 5.74) is 5.51. The molecule has 13 rings (SSSR count). The number of nitrogens with zero attached hydrogens (tertiary/aromatic N) is 11. The summed E-state index contributed by atoms with van der Waals surface area (Å²) in [5, 5.41) is 94.0. The van der Waals surface area contributed by atoms with Gasteiger partial charge in [-0.2, -0.15) is 73.7 Å². The summed E-state index contributed by atoms with van der Waals surface area (Å²) >= 11 is 0. The van der Waals surface area contributed by atoms with Gasteiger partial charge in [0.2, 0.25) is 0 Å². The van der Waals surface area contributed by atoms with Crippen molar-refractivity contribution in [3.05, 3.63) is 261 Å². The molecule has 0 atom stereocenters. The number of hydrogen-bond acceptors (Lipinski definition) is 9. The molecule has 0 aliphatic rings. The molecule has 13 aromatic rings. The predicted octanol–water partition coefficient (Wildman–Crippen LogP) is 18.8. The molecule has 11 aromatic carbocycles. The highest BCUT2D eigenvalue weighted by Crippen LogP contribution is 2.47. The fourth-order valence-corrected chi connectivity index (χ4v) is 12.3. The van der Waals surface area contributed by atoms with Crippen LogP contribution in [0.1, 0.15) is 61.2 Å². The smallest absolute Gasteiger partial charge is 0.309 e. The van der Waals surface area contributed by atoms with Crippen molar-refractivity contribution < 1.29 is 26.3 Å². The van der Waals surface area contributed by atoms with Gasteiger partial charge in [-0.25, -0.2) is 0 Å². The van der Waals surface area contributed by atoms with E-state index in [4.69, 9.17) is 0 Å². The molecule has 0 unspecified atom stereocenters. The Morgan fingerprint density at radius 1 is 0.255 bits per heavy atom. The van der Waals surface area contributed by atoms with Crippen LogP contribution in [0.5, 0.6) is 0 Å². The summed E-state index contributed by atoms with van der Waals surface area (Å²) in [7, 11) is 0. The number of halogens is 6. The van der Waals surface area contributed by atoms with E-state index in [-0.39, 0.29) is 78.5 Å². The first kappa shape index (κ1) is 59.0. The second kappa shape index (κ2) is 22.9. The highest BCUT2D eigenvalue weighted by Gasteiger charge is 2.37. The molecule has 0 radical (unpaired) electrons. The van der Waals surface area contributed by atoms with Crippen LogP contribution < -0.4 is 0 Å². The minimum Gasteiger partial charge on any atom is -0.309 e. The monoisotopic (exact) mass is 1230 g/mol. The van der Waals surface area contributed by atoms with Crippen molar-refractivity contribution in [3.8, 4) is 133 Å². The normalized spacial score (nSPS) is 11.2. The molecular weight excluding hydrogens is 1190 g/mol. The van der Waals surface area contributed by atoms with Crippen molar-refractivity contribution in [2.75, 3.05) is 0 Å². The first-order valence-electron chi connectivity index (χ1n) is 28.3. The number of fused-ring (bicyclic) bond motifs is 6. The first-order chi connectivity index (χ1) is 45.3. The van der Waals surface area contributed by atoms with Crippen LogP contribution in [0.3, 0.4) is 0 Å². The average molecular weight is 1230 g/mol. The summed E-state index contributed by atoms with van der Waals surface area (Å²) in [4.78, 5) is 0. The number of hydrogen-bond donors (Lipinski definition) is 0. The predicted molar refractivity (Wildman–Crippen MR) is 340 cm³/mol. The molecule has 17 heteroatoms. The van der Waals surface area contributed by atoms with E-state index in [2.05, 4.69) is 54.6 Å². The molecule has 2 aromatic heterocycles. The van der Waals surface area contributed by atoms with Crippen molar-refractivity contribution >= 4 is 43.6 Å². The third-order valence-corrected chi connectivity index (χ3v) is 16.5. The molecule has 0 bridgehead atoms. The van der Waals surface area contributed by atoms with Crippen molar-refractivity contribution in [2.24, 2.45) is 0 Å². The fourth-order valence-electron chi connectivity index (χ4n) is 12.3. The van der Waals surface area contributed by atoms with Crippen molar-refractivity contribution in [1.29, 1.82) is 47.4 Å². The van der Waals surface area contributed by atoms with Gasteiger partial charge in [0.1, 0.15) is 0 Å². The lowest BCUT2D eigenvalue weighted by Crippen LogP contribution is -2.11. The largest absolute Gasteiger partial charge is 0.416 e. The number of nitriles is 9. The van der Waals surface area contributed by atoms with Gasteiger partial charge in [-0.3, -0.25) is 0 Å². The summed E-state index contributed by atoms with van der Waals surface area (Å²) in [6, 6.07) is 70.4. The maximum absolute atomic E-state index is 14.8. The zero-order chi connectivity index (χ0) is 65.9. The van der Waals surface area contributed by atoms with E-state index in [1.165, 1.54) is 42.5 Å². The van der Waals surface area contributed by atoms with Gasteiger partial charge in [-0.1, -0.05) is 36.4 Å². The van der Waals surface area contributed by atoms with Crippen LogP contribution in [0.15, 0.2) is 200 Å². The molecule has 0 amide bonds. The number of benzene rings is 11. The Balaban J connectivity index is 1.15. The van der Waals surface area contributed by atoms with Crippen LogP contribution in [-0.2, 0) is 12.4 Å². The molecule has 94 heavy (non-hydrogen) atoms. The van der Waals surface area contributed by atoms with Gasteiger partial charge < -0.3 is 9.13 Å². The Morgan fingerprint density at radius 3 is 0.840 bits per heavy atom. The van der Waals surface area contributed by atoms with Crippen LogP contribution >= 0.6 is 0 Å². The summed E-state index contributed by atoms with van der Waals surface area (Å²) in [6.07, 6.45) is -10.4. The van der Waals surface area contributed by atoms with E-state index in [1.54, 1.807) is 115 Å². The van der Waals surface area contributed by atoms with E-state index in [1.807, 2.05) is 33.4 Å². The number of alkyl halides is 6. The Bertz CT molecular complexity index is 5490. The van der Waals surface area contributed by atoms with E-state index >= 15 is 0 Å². The molecule has 0 fully saturated rings. The van der Waals surface area contributed by atoms with E-state index in [0.29, 0.717) is 106 Å². The number of rotatable bonds is 8. The van der Waals surface area contributed by atoms with E-state index < -0.39 is 29.0 Å². The molecule has 2 heterocycles. The molecule has 0 saturated carbocycles. The Labute approximate surface area is 530 Å². The van der Waals surface area contributed by atoms with Gasteiger partial charge in [0, 0.05) is 32.7 Å². The van der Waals surface area contributed by atoms with Gasteiger partial charge in [0.25, 0.3) is 0 Å². The highest BCUT2D eigenvalue weighted by atomic mass is 19.4. The Hall–Kier alpha value is -14.0. The Kier molecular flexibility index (Phi) is 14.4. The minimum atomic E-state index is -5.22. The van der Waals surface area contributed by atoms with E-state index in [0.717, 1.165) is 0 Å². The molecule has 11 nitrogen and oxygen atoms in total. The first-order valence-corrected chi connectivity index (χ1v) is 28.3. The lowest BCUT2D eigenvalue weighted by Gasteiger charge is -2.21. The minimum absolute atomic E-state index is 0.0237. The maximum atomic E-state index is 14.8. The lowest BCUT2D eigenvalue weighted by atomic mass is 9.91. The van der Waals surface area contributed by atoms with Crippen LogP contribution in [0.2, 0.25) is 0 Å². The standard InChI is InChI=1S/C77H33F6N11/c78-76(79,80)62-26-61(27-63(33-62)77(81,82)83)55-8-13-73(93-69-9-4-51(57-18-43(34-84)14-44(19-57)35-85)28-64(69)65-29-52(5-10-70(65)93)58-20-45(36-86)15-46(21-58)37-87)68(32-55)75-56(42-92)2-1-3-74(75)94-71-11-6-53(59-22-47(38-88)16-48(23-59)39-89)30-66(71)67-31-54(7-12-72(67)94)60-24-49(40-90)17-50(25-60)41-91/h1-33H. The SMILES string of the molecule is N#Cc1cc(C#N)cc(-c2ccc3c(c2)c2cc(-c4cc(C#N)cc(C#N)c4)ccc2n3-c2ccc(-c3cc(C(F)(F)F)cc(C(F)(F)F)c3)cc2-c2c(C#N)cccc2-n2c3ccc(-c4cc(C#N)cc(C#N)c4)cc3c3cc(-c4cc(C#N)cc(C#N)c4)ccc32)c1. The van der Waals surface area contributed by atoms with E-state index in [9.17, 15) is 73.7 Å². The molecule has 0 spiro atoms. The zero-order valence-corrected chi connectivity index (χ0v) is 48.2. The van der Waals surface area contributed by atoms with Crippen molar-refractivity contribution in [2.45, 2.75) is 12.4 Å². The van der Waals surface area contributed by atoms with Gasteiger partial charge in [0.15, 0.2) is 0 Å². The number of aromatic nitrogens is 2. The fraction of sp³-hybridized carbons (Fsp3) is 0.0260. The molecular formula is C77H33F6N11. The third kappa shape index (κ3) is 10.4. The summed E-state index contributed by atoms with van der Waals surface area (Å²) < 4.78 is 92.5. The van der Waals surface area contributed by atoms with Gasteiger partial charge >= 0.3 is 12.4 Å². The van der Waals surface area contributed by atoms with Crippen LogP contribution in [0.4, 0.5) is 26.3 Å². The van der Waals surface area contributed by atoms with Gasteiger partial charge in [-0.05, 0) is 219 Å². The topological polar surface area (TPSA) is 224 Å². The Morgan fingerprint density at radius 2 is 0.543 bits per heavy atom. The average Bonchev–Trinajstić information content (AvgIpc) is 1.39. The molecule has 0 aliphatic carbocycles. The summed E-state index contributed by atoms with van der Waals surface area (Å²) in [6.45, 7) is 0. The second-order valence-electron chi connectivity index (χ2n) is 22.0. The molecule has 0 saturated heterocycles. The summed E-state index contributed by atoms with van der Waals surface area (Å²) in [5.74, 6) is 0. The zero-order valence-electron chi connectivity index (χ0n) is 48.2. The lowest BCUT2D eigenvalue weighted by molar-refractivity contribution is -0.143. The van der Waals surface area contributed by atoms with Crippen molar-refractivity contribution in [1.82, 2.24) is 9.13 Å². The van der Waals surface area contributed by atoms with Crippen molar-refractivity contribution in [3.63, 3.8) is 0 Å². The molecule has 438 valence electrons. The second-order valence-corrected chi connectivity index (χ2v) is 22.0. The highest BCUT2D eigenvalue weighted by molar-refractivity contribution is 6.14. The van der Waals surface area contributed by atoms with Crippen LogP contribution in [0.25, 0.3) is 122 Å². The third-order valence-electron chi connectivity index (χ3n) is 16.5. The van der Waals surface area contributed by atoms with Crippen LogP contribution in [0, 0.1) is 102 Å². The van der Waals surface area contributed by atoms with Crippen LogP contribution in [-0.4, -0.2) is 9.13 Å². The molecule has 0 N–H and O–H groups in total.